The van der Waals surface area contributed by atoms with Crippen LogP contribution >= 0.6 is 0 Å². The minimum atomic E-state index is -1.12. The maximum atomic E-state index is 12.5. The number of ether oxygens (including phenoxy) is 1. The van der Waals surface area contributed by atoms with Gasteiger partial charge in [-0.3, -0.25) is 4.68 Å². The van der Waals surface area contributed by atoms with Crippen LogP contribution in [0.2, 0.25) is 0 Å². The highest BCUT2D eigenvalue weighted by atomic mass is 16.5. The zero-order valence-electron chi connectivity index (χ0n) is 18.4. The second-order valence-corrected chi connectivity index (χ2v) is 9.03. The van der Waals surface area contributed by atoms with Gasteiger partial charge in [-0.25, -0.2) is 9.59 Å². The smallest absolute Gasteiger partial charge is 0.407 e. The normalized spacial score (nSPS) is 13.8. The summed E-state index contributed by atoms with van der Waals surface area (Å²) in [4.78, 5) is 24.2. The van der Waals surface area contributed by atoms with E-state index in [4.69, 9.17) is 4.74 Å². The van der Waals surface area contributed by atoms with E-state index in [0.29, 0.717) is 0 Å². The van der Waals surface area contributed by atoms with E-state index in [2.05, 4.69) is 22.5 Å². The maximum absolute atomic E-state index is 12.5. The molecule has 0 spiro atoms. The molecule has 0 bridgehead atoms. The number of carbonyl (C=O) groups excluding carboxylic acids is 1. The maximum Gasteiger partial charge on any atom is 0.407 e. The first-order valence-corrected chi connectivity index (χ1v) is 10.6. The van der Waals surface area contributed by atoms with Crippen LogP contribution in [0.25, 0.3) is 11.1 Å². The standard InChI is InChI=1S/C25H27N3O4/c1-25(2,3)28-14-16(13-26-28)12-22(23(29)30)27-24(31)32-15-21-19-10-6-4-8-17(19)18-9-5-7-11-20(18)21/h4-11,13-14,21-22H,12,15H2,1-3H3,(H,27,31)(H,29,30)/t22-/m0/s1. The van der Waals surface area contributed by atoms with Gasteiger partial charge in [0.15, 0.2) is 0 Å². The molecule has 1 aromatic heterocycles. The highest BCUT2D eigenvalue weighted by Crippen LogP contribution is 2.44. The number of fused-ring (bicyclic) bond motifs is 3. The monoisotopic (exact) mass is 433 g/mol. The van der Waals surface area contributed by atoms with Crippen LogP contribution in [0.1, 0.15) is 43.4 Å². The van der Waals surface area contributed by atoms with E-state index in [9.17, 15) is 14.7 Å². The Morgan fingerprint density at radius 1 is 1.09 bits per heavy atom. The van der Waals surface area contributed by atoms with Gasteiger partial charge in [-0.15, -0.1) is 0 Å². The first-order chi connectivity index (χ1) is 15.2. The molecule has 0 saturated carbocycles. The van der Waals surface area contributed by atoms with E-state index in [1.165, 1.54) is 0 Å². The minimum absolute atomic E-state index is 0.0820. The van der Waals surface area contributed by atoms with Crippen LogP contribution in [0, 0.1) is 0 Å². The number of aliphatic carboxylic acids is 1. The van der Waals surface area contributed by atoms with Gasteiger partial charge in [0, 0.05) is 18.5 Å². The topological polar surface area (TPSA) is 93.5 Å². The van der Waals surface area contributed by atoms with Crippen molar-refractivity contribution in [3.8, 4) is 11.1 Å². The molecular weight excluding hydrogens is 406 g/mol. The summed E-state index contributed by atoms with van der Waals surface area (Å²) in [6.07, 6.45) is 2.80. The van der Waals surface area contributed by atoms with E-state index >= 15 is 0 Å². The average Bonchev–Trinajstić information content (AvgIpc) is 3.35. The number of rotatable bonds is 6. The summed E-state index contributed by atoms with van der Waals surface area (Å²) >= 11 is 0. The minimum Gasteiger partial charge on any atom is -0.480 e. The summed E-state index contributed by atoms with van der Waals surface area (Å²) in [5.74, 6) is -1.21. The highest BCUT2D eigenvalue weighted by molar-refractivity contribution is 5.81. The van der Waals surface area contributed by atoms with Crippen molar-refractivity contribution in [1.29, 1.82) is 0 Å². The molecule has 166 valence electrons. The van der Waals surface area contributed by atoms with Crippen LogP contribution in [-0.4, -0.2) is 39.6 Å². The number of hydrogen-bond donors (Lipinski definition) is 2. The number of benzene rings is 2. The fraction of sp³-hybridized carbons (Fsp3) is 0.320. The summed E-state index contributed by atoms with van der Waals surface area (Å²) in [7, 11) is 0. The number of carbonyl (C=O) groups is 2. The van der Waals surface area contributed by atoms with Gasteiger partial charge >= 0.3 is 12.1 Å². The molecule has 4 rings (SSSR count). The molecule has 7 heteroatoms. The number of nitrogens with zero attached hydrogens (tertiary/aromatic N) is 2. The lowest BCUT2D eigenvalue weighted by Crippen LogP contribution is -2.42. The quantitative estimate of drug-likeness (QED) is 0.609. The number of aromatic nitrogens is 2. The Morgan fingerprint density at radius 2 is 1.69 bits per heavy atom. The van der Waals surface area contributed by atoms with Crippen molar-refractivity contribution in [2.75, 3.05) is 6.61 Å². The molecule has 0 aliphatic heterocycles. The lowest BCUT2D eigenvalue weighted by atomic mass is 9.98. The first-order valence-electron chi connectivity index (χ1n) is 10.6. The predicted molar refractivity (Wildman–Crippen MR) is 121 cm³/mol. The van der Waals surface area contributed by atoms with Crippen LogP contribution in [-0.2, 0) is 21.5 Å². The van der Waals surface area contributed by atoms with Crippen molar-refractivity contribution in [2.45, 2.75) is 44.7 Å². The molecule has 3 aromatic rings. The van der Waals surface area contributed by atoms with E-state index in [0.717, 1.165) is 27.8 Å². The molecule has 1 aliphatic carbocycles. The van der Waals surface area contributed by atoms with Gasteiger partial charge in [-0.05, 0) is 48.6 Å². The van der Waals surface area contributed by atoms with E-state index < -0.39 is 18.1 Å². The van der Waals surface area contributed by atoms with Crippen molar-refractivity contribution in [1.82, 2.24) is 15.1 Å². The summed E-state index contributed by atoms with van der Waals surface area (Å²) in [5.41, 5.74) is 4.99. The molecule has 0 unspecified atom stereocenters. The van der Waals surface area contributed by atoms with Gasteiger partial charge in [0.2, 0.25) is 0 Å². The van der Waals surface area contributed by atoms with Crippen LogP contribution < -0.4 is 5.32 Å². The molecule has 1 amide bonds. The Bertz CT molecular complexity index is 1100. The van der Waals surface area contributed by atoms with Gasteiger partial charge in [-0.2, -0.15) is 5.10 Å². The van der Waals surface area contributed by atoms with Gasteiger partial charge in [-0.1, -0.05) is 48.5 Å². The number of carboxylic acids is 1. The van der Waals surface area contributed by atoms with Crippen molar-refractivity contribution in [3.05, 3.63) is 77.6 Å². The molecule has 2 aromatic carbocycles. The Labute approximate surface area is 187 Å². The predicted octanol–water partition coefficient (Wildman–Crippen LogP) is 4.17. The molecule has 0 radical (unpaired) electrons. The number of hydrogen-bond acceptors (Lipinski definition) is 4. The molecule has 32 heavy (non-hydrogen) atoms. The SMILES string of the molecule is CC(C)(C)n1cc(C[C@H](NC(=O)OCC2c3ccccc3-c3ccccc32)C(=O)O)cn1. The van der Waals surface area contributed by atoms with Gasteiger partial charge in [0.25, 0.3) is 0 Å². The fourth-order valence-electron chi connectivity index (χ4n) is 4.05. The third-order valence-electron chi connectivity index (χ3n) is 5.70. The lowest BCUT2D eigenvalue weighted by Gasteiger charge is -2.19. The van der Waals surface area contributed by atoms with Crippen molar-refractivity contribution in [3.63, 3.8) is 0 Å². The van der Waals surface area contributed by atoms with Crippen molar-refractivity contribution in [2.24, 2.45) is 0 Å². The first kappa shape index (κ1) is 21.6. The molecule has 7 nitrogen and oxygen atoms in total. The molecule has 1 atom stereocenters. The molecule has 1 heterocycles. The Balaban J connectivity index is 1.41. The molecule has 2 N–H and O–H groups in total. The second kappa shape index (κ2) is 8.49. The van der Waals surface area contributed by atoms with Crippen molar-refractivity contribution >= 4 is 12.1 Å². The van der Waals surface area contributed by atoms with Gasteiger partial charge in [0.05, 0.1) is 11.7 Å². The Hall–Kier alpha value is -3.61. The zero-order valence-corrected chi connectivity index (χ0v) is 18.4. The van der Waals surface area contributed by atoms with Gasteiger partial charge in [0.1, 0.15) is 12.6 Å². The van der Waals surface area contributed by atoms with E-state index in [-0.39, 0.29) is 24.5 Å². The third-order valence-corrected chi connectivity index (χ3v) is 5.70. The number of carboxylic acid groups (broad SMARTS) is 1. The molecule has 0 saturated heterocycles. The number of nitrogens with one attached hydrogen (secondary N) is 1. The summed E-state index contributed by atoms with van der Waals surface area (Å²) in [6, 6.07) is 15.0. The lowest BCUT2D eigenvalue weighted by molar-refractivity contribution is -0.139. The third kappa shape index (κ3) is 4.37. The highest BCUT2D eigenvalue weighted by Gasteiger charge is 2.30. The summed E-state index contributed by atoms with van der Waals surface area (Å²) in [6.45, 7) is 6.16. The average molecular weight is 434 g/mol. The molecule has 1 aliphatic rings. The van der Waals surface area contributed by atoms with Crippen LogP contribution in [0.5, 0.6) is 0 Å². The van der Waals surface area contributed by atoms with E-state index in [1.807, 2.05) is 57.2 Å². The largest absolute Gasteiger partial charge is 0.480 e. The van der Waals surface area contributed by atoms with Crippen molar-refractivity contribution < 1.29 is 19.4 Å². The number of alkyl carbamates (subject to hydrolysis) is 1. The summed E-state index contributed by atoms with van der Waals surface area (Å²) < 4.78 is 7.26. The number of amides is 1. The molecule has 0 fully saturated rings. The molecular formula is C25H27N3O4. The summed E-state index contributed by atoms with van der Waals surface area (Å²) in [5, 5.41) is 16.4. The Morgan fingerprint density at radius 3 is 2.22 bits per heavy atom. The van der Waals surface area contributed by atoms with E-state index in [1.54, 1.807) is 17.1 Å². The van der Waals surface area contributed by atoms with Gasteiger partial charge < -0.3 is 15.2 Å². The van der Waals surface area contributed by atoms with Crippen LogP contribution in [0.15, 0.2) is 60.9 Å². The fourth-order valence-corrected chi connectivity index (χ4v) is 4.05. The van der Waals surface area contributed by atoms with Crippen LogP contribution in [0.4, 0.5) is 4.79 Å². The van der Waals surface area contributed by atoms with Crippen LogP contribution in [0.3, 0.4) is 0 Å². The second-order valence-electron chi connectivity index (χ2n) is 9.03. The zero-order chi connectivity index (χ0) is 22.9. The Kier molecular flexibility index (Phi) is 5.74.